The third-order valence-corrected chi connectivity index (χ3v) is 7.44. The molecule has 0 bridgehead atoms. The van der Waals surface area contributed by atoms with Gasteiger partial charge in [0.05, 0.1) is 32.1 Å². The molecule has 0 amide bonds. The monoisotopic (exact) mass is 475 g/mol. The molecule has 1 heterocycles. The Morgan fingerprint density at radius 2 is 1.79 bits per heavy atom. The molecule has 2 aromatic carbocycles. The fourth-order valence-electron chi connectivity index (χ4n) is 2.99. The summed E-state index contributed by atoms with van der Waals surface area (Å²) in [4.78, 5) is 24.7. The Bertz CT molecular complexity index is 1100. The highest BCUT2D eigenvalue weighted by Gasteiger charge is 2.29. The largest absolute Gasteiger partial charge is 0.454 e. The molecule has 0 aromatic heterocycles. The van der Waals surface area contributed by atoms with Crippen LogP contribution in [0.2, 0.25) is 15.1 Å². The van der Waals surface area contributed by atoms with Crippen molar-refractivity contribution in [1.29, 1.82) is 0 Å². The summed E-state index contributed by atoms with van der Waals surface area (Å²) in [5, 5.41) is 0.150. The van der Waals surface area contributed by atoms with Gasteiger partial charge in [-0.3, -0.25) is 9.10 Å². The molecule has 0 spiro atoms. The van der Waals surface area contributed by atoms with Gasteiger partial charge in [-0.1, -0.05) is 34.8 Å². The Morgan fingerprint density at radius 1 is 1.10 bits per heavy atom. The van der Waals surface area contributed by atoms with E-state index in [1.54, 1.807) is 19.1 Å². The predicted octanol–water partition coefficient (Wildman–Crippen LogP) is 4.40. The minimum absolute atomic E-state index is 0.00229. The smallest absolute Gasteiger partial charge is 0.341 e. The Labute approximate surface area is 183 Å². The summed E-state index contributed by atoms with van der Waals surface area (Å²) < 4.78 is 30.7. The van der Waals surface area contributed by atoms with E-state index in [2.05, 4.69) is 0 Å². The lowest BCUT2D eigenvalue weighted by molar-refractivity contribution is 0.0475. The van der Waals surface area contributed by atoms with Crippen molar-refractivity contribution in [3.05, 3.63) is 62.1 Å². The molecule has 0 saturated heterocycles. The molecule has 0 aliphatic carbocycles. The van der Waals surface area contributed by atoms with Crippen LogP contribution in [0.15, 0.2) is 30.3 Å². The van der Waals surface area contributed by atoms with Gasteiger partial charge in [-0.2, -0.15) is 0 Å². The summed E-state index contributed by atoms with van der Waals surface area (Å²) in [5.74, 6) is -1.30. The van der Waals surface area contributed by atoms with Crippen LogP contribution >= 0.6 is 34.8 Å². The fraction of sp³-hybridized carbons (Fsp3) is 0.263. The first-order valence-electron chi connectivity index (χ1n) is 8.63. The van der Waals surface area contributed by atoms with E-state index in [9.17, 15) is 18.0 Å². The van der Waals surface area contributed by atoms with Crippen LogP contribution in [0.25, 0.3) is 0 Å². The summed E-state index contributed by atoms with van der Waals surface area (Å²) in [6, 6.07) is 7.58. The lowest BCUT2D eigenvalue weighted by Crippen LogP contribution is -2.30. The van der Waals surface area contributed by atoms with Gasteiger partial charge in [-0.05, 0) is 49.2 Å². The minimum Gasteiger partial charge on any atom is -0.454 e. The molecule has 10 heteroatoms. The maximum absolute atomic E-state index is 12.5. The van der Waals surface area contributed by atoms with Gasteiger partial charge in [-0.15, -0.1) is 0 Å². The summed E-state index contributed by atoms with van der Waals surface area (Å²) >= 11 is 17.9. The highest BCUT2D eigenvalue weighted by atomic mass is 35.5. The number of benzene rings is 2. The van der Waals surface area contributed by atoms with E-state index in [4.69, 9.17) is 39.5 Å². The maximum atomic E-state index is 12.5. The van der Waals surface area contributed by atoms with Crippen LogP contribution in [0.1, 0.15) is 33.2 Å². The second kappa shape index (κ2) is 8.52. The van der Waals surface area contributed by atoms with Crippen LogP contribution in [-0.4, -0.2) is 39.1 Å². The van der Waals surface area contributed by atoms with Crippen molar-refractivity contribution in [2.75, 3.05) is 23.2 Å². The first-order valence-corrected chi connectivity index (χ1v) is 11.4. The van der Waals surface area contributed by atoms with Crippen molar-refractivity contribution in [3.8, 4) is 0 Å². The van der Waals surface area contributed by atoms with Crippen molar-refractivity contribution in [2.24, 2.45) is 0 Å². The van der Waals surface area contributed by atoms with Gasteiger partial charge in [-0.25, -0.2) is 13.2 Å². The average Bonchev–Trinajstić information content (AvgIpc) is 3.13. The normalized spacial score (nSPS) is 13.3. The molecule has 0 N–H and O–H groups in total. The van der Waals surface area contributed by atoms with E-state index in [1.165, 1.54) is 22.5 Å². The first-order chi connectivity index (χ1) is 13.7. The number of carbonyl (C=O) groups excluding carboxylic acids is 2. The topological polar surface area (TPSA) is 80.8 Å². The summed E-state index contributed by atoms with van der Waals surface area (Å²) in [5.41, 5.74) is 1.52. The van der Waals surface area contributed by atoms with Gasteiger partial charge >= 0.3 is 5.97 Å². The molecular weight excluding hydrogens is 461 g/mol. The van der Waals surface area contributed by atoms with Crippen LogP contribution in [0.4, 0.5) is 5.69 Å². The number of esters is 1. The van der Waals surface area contributed by atoms with E-state index in [1.807, 2.05) is 0 Å². The van der Waals surface area contributed by atoms with Crippen LogP contribution in [0.3, 0.4) is 0 Å². The minimum atomic E-state index is -3.36. The van der Waals surface area contributed by atoms with E-state index in [0.29, 0.717) is 24.2 Å². The molecule has 6 nitrogen and oxygen atoms in total. The zero-order valence-corrected chi connectivity index (χ0v) is 18.3. The van der Waals surface area contributed by atoms with Crippen LogP contribution in [0, 0.1) is 0 Å². The Balaban J connectivity index is 1.73. The number of halogens is 3. The number of sulfonamides is 1. The van der Waals surface area contributed by atoms with Crippen molar-refractivity contribution >= 4 is 62.3 Å². The molecule has 0 radical (unpaired) electrons. The van der Waals surface area contributed by atoms with Crippen molar-refractivity contribution in [1.82, 2.24) is 0 Å². The lowest BCUT2D eigenvalue weighted by Gasteiger charge is -2.18. The third kappa shape index (κ3) is 4.38. The number of Topliss-reactive ketones (excluding diaryl/α,β-unsaturated/α-hetero) is 1. The molecule has 29 heavy (non-hydrogen) atoms. The van der Waals surface area contributed by atoms with Gasteiger partial charge in [0.1, 0.15) is 0 Å². The van der Waals surface area contributed by atoms with Gasteiger partial charge in [0.2, 0.25) is 10.0 Å². The number of hydrogen-bond donors (Lipinski definition) is 0. The molecule has 0 saturated carbocycles. The van der Waals surface area contributed by atoms with Crippen LogP contribution in [-0.2, 0) is 21.2 Å². The summed E-state index contributed by atoms with van der Waals surface area (Å²) in [6.45, 7) is 1.40. The number of nitrogens with zero attached hydrogens (tertiary/aromatic N) is 1. The number of ether oxygens (including phenoxy) is 1. The zero-order chi connectivity index (χ0) is 21.3. The predicted molar refractivity (Wildman–Crippen MR) is 113 cm³/mol. The molecule has 2 aromatic rings. The number of fused-ring (bicyclic) bond motifs is 1. The molecule has 0 fully saturated rings. The zero-order valence-electron chi connectivity index (χ0n) is 15.2. The summed E-state index contributed by atoms with van der Waals surface area (Å²) in [6.07, 6.45) is 0.503. The number of anilines is 1. The number of rotatable bonds is 6. The van der Waals surface area contributed by atoms with E-state index >= 15 is 0 Å². The van der Waals surface area contributed by atoms with E-state index < -0.39 is 28.4 Å². The second-order valence-corrected chi connectivity index (χ2v) is 9.66. The second-order valence-electron chi connectivity index (χ2n) is 6.28. The average molecular weight is 477 g/mol. The molecular formula is C19H16Cl3NO5S. The molecule has 0 unspecified atom stereocenters. The van der Waals surface area contributed by atoms with Crippen LogP contribution in [0.5, 0.6) is 0 Å². The van der Waals surface area contributed by atoms with Crippen molar-refractivity contribution in [3.63, 3.8) is 0 Å². The quantitative estimate of drug-likeness (QED) is 0.351. The van der Waals surface area contributed by atoms with Crippen molar-refractivity contribution in [2.45, 2.75) is 13.3 Å². The van der Waals surface area contributed by atoms with Gasteiger partial charge in [0.15, 0.2) is 12.4 Å². The molecule has 1 aliphatic heterocycles. The Kier molecular flexibility index (Phi) is 6.43. The molecule has 154 valence electrons. The van der Waals surface area contributed by atoms with E-state index in [0.717, 1.165) is 5.56 Å². The Morgan fingerprint density at radius 3 is 2.48 bits per heavy atom. The lowest BCUT2D eigenvalue weighted by atomic mass is 10.1. The van der Waals surface area contributed by atoms with Gasteiger partial charge in [0.25, 0.3) is 0 Å². The highest BCUT2D eigenvalue weighted by Crippen LogP contribution is 2.33. The van der Waals surface area contributed by atoms with Crippen LogP contribution < -0.4 is 4.31 Å². The molecule has 3 rings (SSSR count). The van der Waals surface area contributed by atoms with Gasteiger partial charge in [0, 0.05) is 12.1 Å². The van der Waals surface area contributed by atoms with Crippen molar-refractivity contribution < 1.29 is 22.7 Å². The molecule has 0 atom stereocenters. The summed E-state index contributed by atoms with van der Waals surface area (Å²) in [7, 11) is -3.36. The third-order valence-electron chi connectivity index (χ3n) is 4.54. The number of ketones is 1. The number of carbonyl (C=O) groups is 2. The Hall–Kier alpha value is -1.80. The standard InChI is InChI=1S/C19H16Cl3NO5S/c1-2-29(26,27)23-8-7-11-9-12(3-6-15(11)23)16(24)10-28-19(25)17-13(20)4-5-14(21)18(17)22/h3-6,9H,2,7-8,10H2,1H3. The van der Waals surface area contributed by atoms with Gasteiger partial charge < -0.3 is 4.74 Å². The molecule has 1 aliphatic rings. The first kappa shape index (κ1) is 21.9. The SMILES string of the molecule is CCS(=O)(=O)N1CCc2cc(C(=O)COC(=O)c3c(Cl)ccc(Cl)c3Cl)ccc21. The fourth-order valence-corrected chi connectivity index (χ4v) is 4.83. The highest BCUT2D eigenvalue weighted by molar-refractivity contribution is 7.92. The number of hydrogen-bond acceptors (Lipinski definition) is 5. The van der Waals surface area contributed by atoms with E-state index in [-0.39, 0.29) is 26.4 Å². The maximum Gasteiger partial charge on any atom is 0.341 e.